The Bertz CT molecular complexity index is 531. The lowest BCUT2D eigenvalue weighted by Crippen LogP contribution is -2.44. The largest absolute Gasteiger partial charge is 0.396 e. The zero-order valence-electron chi connectivity index (χ0n) is 12.1. The summed E-state index contributed by atoms with van der Waals surface area (Å²) in [4.78, 5) is 11.7. The Morgan fingerprint density at radius 2 is 2.09 bits per heavy atom. The molecule has 5 nitrogen and oxygen atoms in total. The standard InChI is InChI=1S/C14H19ClF2N2O3/c1-2-14(22,4-3-5-20)8-18-13(21)19-11-7-9(16)6-10(17)12(11)15/h6-7,20,22H,2-5,8H2,1H3,(H2,18,19,21)/t14-/m1/s1. The van der Waals surface area contributed by atoms with Gasteiger partial charge in [-0.25, -0.2) is 13.6 Å². The Hall–Kier alpha value is -1.44. The molecule has 0 saturated heterocycles. The van der Waals surface area contributed by atoms with Crippen molar-refractivity contribution in [3.63, 3.8) is 0 Å². The van der Waals surface area contributed by atoms with Crippen LogP contribution in [-0.2, 0) is 0 Å². The van der Waals surface area contributed by atoms with E-state index in [-0.39, 0.29) is 18.8 Å². The second kappa shape index (κ2) is 8.26. The van der Waals surface area contributed by atoms with Crippen molar-refractivity contribution in [1.29, 1.82) is 0 Å². The first-order valence-corrected chi connectivity index (χ1v) is 7.21. The number of aliphatic hydroxyl groups excluding tert-OH is 1. The van der Waals surface area contributed by atoms with Crippen LogP contribution in [0.3, 0.4) is 0 Å². The van der Waals surface area contributed by atoms with E-state index in [2.05, 4.69) is 10.6 Å². The molecule has 0 aliphatic carbocycles. The molecule has 0 spiro atoms. The number of carbonyl (C=O) groups excluding carboxylic acids is 1. The predicted molar refractivity (Wildman–Crippen MR) is 80.0 cm³/mol. The summed E-state index contributed by atoms with van der Waals surface area (Å²) >= 11 is 5.63. The van der Waals surface area contributed by atoms with Crippen molar-refractivity contribution in [2.24, 2.45) is 0 Å². The first-order chi connectivity index (χ1) is 10.3. The Balaban J connectivity index is 2.63. The molecule has 0 bridgehead atoms. The van der Waals surface area contributed by atoms with Gasteiger partial charge in [-0.05, 0) is 25.3 Å². The summed E-state index contributed by atoms with van der Waals surface area (Å²) in [7, 11) is 0. The van der Waals surface area contributed by atoms with Gasteiger partial charge >= 0.3 is 6.03 Å². The fourth-order valence-electron chi connectivity index (χ4n) is 1.86. The van der Waals surface area contributed by atoms with Crippen molar-refractivity contribution in [2.45, 2.75) is 31.8 Å². The quantitative estimate of drug-likeness (QED) is 0.578. The maximum atomic E-state index is 13.3. The van der Waals surface area contributed by atoms with E-state index in [1.807, 2.05) is 0 Å². The average Bonchev–Trinajstić information content (AvgIpc) is 2.48. The van der Waals surface area contributed by atoms with Crippen LogP contribution in [0.5, 0.6) is 0 Å². The number of urea groups is 1. The third kappa shape index (κ3) is 5.40. The molecule has 0 aliphatic heterocycles. The zero-order valence-corrected chi connectivity index (χ0v) is 12.9. The number of carbonyl (C=O) groups is 1. The maximum Gasteiger partial charge on any atom is 0.319 e. The maximum absolute atomic E-state index is 13.3. The molecule has 0 fully saturated rings. The topological polar surface area (TPSA) is 81.6 Å². The molecular formula is C14H19ClF2N2O3. The molecule has 0 unspecified atom stereocenters. The van der Waals surface area contributed by atoms with Crippen LogP contribution in [-0.4, -0.2) is 35.0 Å². The Kier molecular flexibility index (Phi) is 6.99. The van der Waals surface area contributed by atoms with E-state index in [1.54, 1.807) is 6.92 Å². The van der Waals surface area contributed by atoms with Gasteiger partial charge in [-0.2, -0.15) is 0 Å². The van der Waals surface area contributed by atoms with Crippen LogP contribution >= 0.6 is 11.6 Å². The van der Waals surface area contributed by atoms with Gasteiger partial charge in [-0.15, -0.1) is 0 Å². The molecule has 0 heterocycles. The number of hydrogen-bond acceptors (Lipinski definition) is 3. The molecule has 0 saturated carbocycles. The highest BCUT2D eigenvalue weighted by molar-refractivity contribution is 6.33. The van der Waals surface area contributed by atoms with Gasteiger partial charge in [0.25, 0.3) is 0 Å². The third-order valence-electron chi connectivity index (χ3n) is 3.28. The van der Waals surface area contributed by atoms with E-state index >= 15 is 0 Å². The first-order valence-electron chi connectivity index (χ1n) is 6.84. The molecule has 22 heavy (non-hydrogen) atoms. The van der Waals surface area contributed by atoms with Gasteiger partial charge in [-0.1, -0.05) is 18.5 Å². The minimum absolute atomic E-state index is 0.0628. The highest BCUT2D eigenvalue weighted by Crippen LogP contribution is 2.26. The Morgan fingerprint density at radius 3 is 2.68 bits per heavy atom. The van der Waals surface area contributed by atoms with Gasteiger partial charge in [-0.3, -0.25) is 0 Å². The SMILES string of the molecule is CC[C@@](O)(CCCO)CNC(=O)Nc1cc(F)cc(F)c1Cl. The number of benzene rings is 1. The number of amides is 2. The van der Waals surface area contributed by atoms with E-state index < -0.39 is 28.3 Å². The van der Waals surface area contributed by atoms with E-state index in [0.717, 1.165) is 6.07 Å². The third-order valence-corrected chi connectivity index (χ3v) is 3.66. The van der Waals surface area contributed by atoms with Crippen molar-refractivity contribution in [2.75, 3.05) is 18.5 Å². The summed E-state index contributed by atoms with van der Waals surface area (Å²) < 4.78 is 26.3. The highest BCUT2D eigenvalue weighted by Gasteiger charge is 2.25. The van der Waals surface area contributed by atoms with Gasteiger partial charge in [0.1, 0.15) is 16.7 Å². The summed E-state index contributed by atoms with van der Waals surface area (Å²) in [5.74, 6) is -1.85. The van der Waals surface area contributed by atoms with Crippen LogP contribution in [0.15, 0.2) is 12.1 Å². The minimum Gasteiger partial charge on any atom is -0.396 e. The molecule has 124 valence electrons. The van der Waals surface area contributed by atoms with Crippen molar-refractivity contribution in [1.82, 2.24) is 5.32 Å². The van der Waals surface area contributed by atoms with Crippen LogP contribution in [0.25, 0.3) is 0 Å². The van der Waals surface area contributed by atoms with Crippen LogP contribution in [0.4, 0.5) is 19.3 Å². The number of halogens is 3. The van der Waals surface area contributed by atoms with Gasteiger partial charge in [0, 0.05) is 19.2 Å². The Morgan fingerprint density at radius 1 is 1.41 bits per heavy atom. The molecule has 0 radical (unpaired) electrons. The molecule has 1 aromatic rings. The predicted octanol–water partition coefficient (Wildman–Crippen LogP) is 2.65. The smallest absolute Gasteiger partial charge is 0.319 e. The molecular weight excluding hydrogens is 318 g/mol. The van der Waals surface area contributed by atoms with Crippen molar-refractivity contribution >= 4 is 23.3 Å². The van der Waals surface area contributed by atoms with Crippen LogP contribution in [0.1, 0.15) is 26.2 Å². The number of anilines is 1. The van der Waals surface area contributed by atoms with E-state index in [1.165, 1.54) is 0 Å². The number of nitrogens with one attached hydrogen (secondary N) is 2. The van der Waals surface area contributed by atoms with Gasteiger partial charge in [0.2, 0.25) is 0 Å². The summed E-state index contributed by atoms with van der Waals surface area (Å²) in [6.45, 7) is 1.62. The van der Waals surface area contributed by atoms with Gasteiger partial charge in [0.15, 0.2) is 0 Å². The normalized spacial score (nSPS) is 13.5. The molecule has 8 heteroatoms. The minimum atomic E-state index is -1.16. The molecule has 1 rings (SSSR count). The van der Waals surface area contributed by atoms with Crippen LogP contribution < -0.4 is 10.6 Å². The van der Waals surface area contributed by atoms with Crippen molar-refractivity contribution in [3.05, 3.63) is 28.8 Å². The van der Waals surface area contributed by atoms with Crippen molar-refractivity contribution in [3.8, 4) is 0 Å². The molecule has 0 aromatic heterocycles. The lowest BCUT2D eigenvalue weighted by molar-refractivity contribution is 0.0243. The summed E-state index contributed by atoms with van der Waals surface area (Å²) in [6, 6.07) is 0.751. The van der Waals surface area contributed by atoms with Gasteiger partial charge in [0.05, 0.1) is 11.3 Å². The monoisotopic (exact) mass is 336 g/mol. The molecule has 2 amide bonds. The number of rotatable bonds is 7. The number of hydrogen-bond donors (Lipinski definition) is 4. The second-order valence-corrected chi connectivity index (χ2v) is 5.34. The number of aliphatic hydroxyl groups is 2. The van der Waals surface area contributed by atoms with Crippen molar-refractivity contribution < 1.29 is 23.8 Å². The molecule has 0 aliphatic rings. The van der Waals surface area contributed by atoms with Crippen LogP contribution in [0, 0.1) is 11.6 Å². The summed E-state index contributed by atoms with van der Waals surface area (Å²) in [5, 5.41) is 23.2. The first kappa shape index (κ1) is 18.6. The zero-order chi connectivity index (χ0) is 16.8. The summed E-state index contributed by atoms with van der Waals surface area (Å²) in [6.07, 6.45) is 1.09. The fraction of sp³-hybridized carbons (Fsp3) is 0.500. The molecule has 1 atom stereocenters. The van der Waals surface area contributed by atoms with Gasteiger partial charge < -0.3 is 20.8 Å². The molecule has 4 N–H and O–H groups in total. The lowest BCUT2D eigenvalue weighted by Gasteiger charge is -2.26. The Labute approximate surface area is 132 Å². The fourth-order valence-corrected chi connectivity index (χ4v) is 2.01. The average molecular weight is 337 g/mol. The second-order valence-electron chi connectivity index (χ2n) is 4.96. The van der Waals surface area contributed by atoms with E-state index in [4.69, 9.17) is 16.7 Å². The lowest BCUT2D eigenvalue weighted by atomic mass is 9.95. The van der Waals surface area contributed by atoms with E-state index in [0.29, 0.717) is 25.3 Å². The highest BCUT2D eigenvalue weighted by atomic mass is 35.5. The summed E-state index contributed by atoms with van der Waals surface area (Å²) in [5.41, 5.74) is -1.36. The molecule has 1 aromatic carbocycles. The van der Waals surface area contributed by atoms with E-state index in [9.17, 15) is 18.7 Å². The van der Waals surface area contributed by atoms with Crippen LogP contribution in [0.2, 0.25) is 5.02 Å².